The first-order valence-corrected chi connectivity index (χ1v) is 7.79. The van der Waals surface area contributed by atoms with Gasteiger partial charge in [0.25, 0.3) is 0 Å². The Bertz CT molecular complexity index is 516. The lowest BCUT2D eigenvalue weighted by Crippen LogP contribution is -2.44. The van der Waals surface area contributed by atoms with E-state index in [2.05, 4.69) is 21.6 Å². The van der Waals surface area contributed by atoms with E-state index in [1.165, 1.54) is 4.57 Å². The van der Waals surface area contributed by atoms with E-state index in [0.29, 0.717) is 11.2 Å². The van der Waals surface area contributed by atoms with Crippen LogP contribution < -0.4 is 11.0 Å². The van der Waals surface area contributed by atoms with Crippen LogP contribution in [-0.4, -0.2) is 32.1 Å². The van der Waals surface area contributed by atoms with Crippen LogP contribution in [0, 0.1) is 11.3 Å². The molecule has 1 atom stereocenters. The molecule has 0 radical (unpaired) electrons. The van der Waals surface area contributed by atoms with E-state index in [-0.39, 0.29) is 5.69 Å². The lowest BCUT2D eigenvalue weighted by atomic mass is 9.96. The van der Waals surface area contributed by atoms with E-state index in [4.69, 9.17) is 0 Å². The summed E-state index contributed by atoms with van der Waals surface area (Å²) in [7, 11) is 1.70. The average Bonchev–Trinajstić information content (AvgIpc) is 2.69. The summed E-state index contributed by atoms with van der Waals surface area (Å²) in [5.74, 6) is 0.890. The zero-order valence-corrected chi connectivity index (χ0v) is 13.4. The third-order valence-electron chi connectivity index (χ3n) is 3.00. The Morgan fingerprint density at radius 2 is 2.25 bits per heavy atom. The van der Waals surface area contributed by atoms with Gasteiger partial charge in [-0.2, -0.15) is 5.26 Å². The third kappa shape index (κ3) is 5.02. The number of nitrogens with zero attached hydrogens (tertiary/aromatic N) is 3. The van der Waals surface area contributed by atoms with Gasteiger partial charge in [-0.05, 0) is 40.0 Å². The van der Waals surface area contributed by atoms with Gasteiger partial charge >= 0.3 is 5.69 Å². The Kier molecular flexibility index (Phi) is 6.30. The third-order valence-corrected chi connectivity index (χ3v) is 4.11. The fourth-order valence-electron chi connectivity index (χ4n) is 2.00. The van der Waals surface area contributed by atoms with Gasteiger partial charge in [0.15, 0.2) is 5.16 Å². The molecule has 0 fully saturated rings. The monoisotopic (exact) mass is 297 g/mol. The molecule has 0 amide bonds. The zero-order valence-electron chi connectivity index (χ0n) is 12.6. The van der Waals surface area contributed by atoms with Crippen molar-refractivity contribution in [3.63, 3.8) is 0 Å². The van der Waals surface area contributed by atoms with Crippen LogP contribution in [-0.2, 0) is 7.05 Å². The molecule has 1 aromatic heterocycles. The van der Waals surface area contributed by atoms with Crippen LogP contribution in [0.2, 0.25) is 0 Å². The van der Waals surface area contributed by atoms with Crippen LogP contribution >= 0.6 is 11.8 Å². The van der Waals surface area contributed by atoms with E-state index < -0.39 is 5.54 Å². The predicted octanol–water partition coefficient (Wildman–Crippen LogP) is 1.65. The summed E-state index contributed by atoms with van der Waals surface area (Å²) in [6.07, 6.45) is 2.78. The summed E-state index contributed by atoms with van der Waals surface area (Å²) < 4.78 is 1.50. The van der Waals surface area contributed by atoms with Crippen LogP contribution in [0.15, 0.2) is 9.95 Å². The first-order valence-electron chi connectivity index (χ1n) is 6.81. The summed E-state index contributed by atoms with van der Waals surface area (Å²) in [6.45, 7) is 6.03. The summed E-state index contributed by atoms with van der Waals surface area (Å²) in [5.41, 5.74) is -0.649. The van der Waals surface area contributed by atoms with Gasteiger partial charge < -0.3 is 0 Å². The van der Waals surface area contributed by atoms with Crippen molar-refractivity contribution in [1.29, 1.82) is 5.26 Å². The first-order chi connectivity index (χ1) is 9.38. The highest BCUT2D eigenvalue weighted by atomic mass is 32.2. The Hall–Kier alpha value is -1.26. The van der Waals surface area contributed by atoms with Gasteiger partial charge in [-0.25, -0.2) is 9.89 Å². The molecule has 1 rings (SSSR count). The highest BCUT2D eigenvalue weighted by Gasteiger charge is 2.23. The molecule has 0 saturated heterocycles. The number of rotatable bonds is 8. The highest BCUT2D eigenvalue weighted by Crippen LogP contribution is 2.18. The largest absolute Gasteiger partial charge is 0.343 e. The molecule has 20 heavy (non-hydrogen) atoms. The van der Waals surface area contributed by atoms with Crippen LogP contribution in [0.1, 0.15) is 40.0 Å². The topological polar surface area (TPSA) is 86.5 Å². The van der Waals surface area contributed by atoms with Gasteiger partial charge in [0.05, 0.1) is 6.07 Å². The molecule has 2 N–H and O–H groups in total. The van der Waals surface area contributed by atoms with E-state index >= 15 is 0 Å². The minimum Gasteiger partial charge on any atom is -0.297 e. The molecule has 0 aromatic carbocycles. The molecular formula is C13H23N5OS. The highest BCUT2D eigenvalue weighted by molar-refractivity contribution is 7.99. The minimum atomic E-state index is -0.460. The molecule has 112 valence electrons. The van der Waals surface area contributed by atoms with Crippen molar-refractivity contribution in [3.8, 4) is 6.07 Å². The molecule has 1 heterocycles. The van der Waals surface area contributed by atoms with Crippen LogP contribution in [0.3, 0.4) is 0 Å². The van der Waals surface area contributed by atoms with Crippen LogP contribution in [0.5, 0.6) is 0 Å². The summed E-state index contributed by atoms with van der Waals surface area (Å²) in [6, 6.07) is 2.65. The second kappa shape index (κ2) is 7.50. The molecule has 0 saturated carbocycles. The van der Waals surface area contributed by atoms with Crippen molar-refractivity contribution >= 4 is 11.8 Å². The lowest BCUT2D eigenvalue weighted by molar-refractivity contribution is 0.372. The van der Waals surface area contributed by atoms with E-state index in [1.54, 1.807) is 18.8 Å². The molecule has 0 aliphatic heterocycles. The molecule has 6 nitrogen and oxygen atoms in total. The van der Waals surface area contributed by atoms with E-state index in [1.807, 2.05) is 20.8 Å². The lowest BCUT2D eigenvalue weighted by Gasteiger charge is -2.25. The van der Waals surface area contributed by atoms with Gasteiger partial charge in [0, 0.05) is 18.8 Å². The molecule has 0 aliphatic carbocycles. The summed E-state index contributed by atoms with van der Waals surface area (Å²) >= 11 is 1.56. The van der Waals surface area contributed by atoms with Crippen molar-refractivity contribution in [2.45, 2.75) is 56.8 Å². The number of hydrogen-bond donors (Lipinski definition) is 2. The average molecular weight is 297 g/mol. The molecular weight excluding hydrogens is 274 g/mol. The second-order valence-corrected chi connectivity index (χ2v) is 6.48. The fraction of sp³-hybridized carbons (Fsp3) is 0.769. The number of hydrogen-bond acceptors (Lipinski definition) is 5. The van der Waals surface area contributed by atoms with Gasteiger partial charge in [0.1, 0.15) is 5.54 Å². The van der Waals surface area contributed by atoms with E-state index in [9.17, 15) is 10.1 Å². The van der Waals surface area contributed by atoms with Gasteiger partial charge in [0.2, 0.25) is 0 Å². The molecule has 1 unspecified atom stereocenters. The Labute approximate surface area is 123 Å². The Morgan fingerprint density at radius 3 is 2.75 bits per heavy atom. The smallest absolute Gasteiger partial charge is 0.297 e. The number of H-pyrrole nitrogens is 1. The maximum absolute atomic E-state index is 11.2. The van der Waals surface area contributed by atoms with Crippen molar-refractivity contribution in [2.75, 3.05) is 5.75 Å². The quantitative estimate of drug-likeness (QED) is 0.563. The summed E-state index contributed by atoms with van der Waals surface area (Å²) in [4.78, 5) is 11.2. The van der Waals surface area contributed by atoms with Gasteiger partial charge in [-0.3, -0.25) is 9.88 Å². The van der Waals surface area contributed by atoms with Crippen LogP contribution in [0.4, 0.5) is 0 Å². The van der Waals surface area contributed by atoms with Crippen LogP contribution in [0.25, 0.3) is 0 Å². The second-order valence-electron chi connectivity index (χ2n) is 5.42. The number of thioether (sulfide) groups is 1. The SMILES string of the molecule is CC(C)NC(C)(C#N)CCCCSc1n[nH]c(=O)n1C. The molecule has 0 spiro atoms. The number of nitriles is 1. The maximum Gasteiger partial charge on any atom is 0.343 e. The fourth-order valence-corrected chi connectivity index (χ4v) is 2.92. The normalized spacial score (nSPS) is 14.2. The van der Waals surface area contributed by atoms with Gasteiger partial charge in [-0.15, -0.1) is 5.10 Å². The molecule has 7 heteroatoms. The standard InChI is InChI=1S/C13H23N5OS/c1-10(2)15-13(3,9-14)7-5-6-8-20-12-17-16-11(19)18(12)4/h10,15H,5-8H2,1-4H3,(H,16,19). The Balaban J connectivity index is 2.30. The molecule has 1 aromatic rings. The molecule has 0 bridgehead atoms. The summed E-state index contributed by atoms with van der Waals surface area (Å²) in [5, 5.41) is 19.6. The maximum atomic E-state index is 11.2. The molecule has 0 aliphatic rings. The van der Waals surface area contributed by atoms with Crippen molar-refractivity contribution < 1.29 is 0 Å². The predicted molar refractivity (Wildman–Crippen MR) is 80.7 cm³/mol. The van der Waals surface area contributed by atoms with Crippen molar-refractivity contribution in [3.05, 3.63) is 10.5 Å². The zero-order chi connectivity index (χ0) is 15.2. The minimum absolute atomic E-state index is 0.189. The number of unbranched alkanes of at least 4 members (excludes halogenated alkanes) is 1. The number of aromatic nitrogens is 3. The van der Waals surface area contributed by atoms with Gasteiger partial charge in [-0.1, -0.05) is 11.8 Å². The van der Waals surface area contributed by atoms with E-state index in [0.717, 1.165) is 25.0 Å². The Morgan fingerprint density at radius 1 is 1.55 bits per heavy atom. The number of aromatic amines is 1. The first kappa shape index (κ1) is 16.8. The number of nitrogens with one attached hydrogen (secondary N) is 2. The van der Waals surface area contributed by atoms with Crippen molar-refractivity contribution in [1.82, 2.24) is 20.1 Å². The van der Waals surface area contributed by atoms with Crippen molar-refractivity contribution in [2.24, 2.45) is 7.05 Å².